The molecule has 1 aliphatic carbocycles. The van der Waals surface area contributed by atoms with Crippen LogP contribution in [0.5, 0.6) is 5.75 Å². The first kappa shape index (κ1) is 16.8. The summed E-state index contributed by atoms with van der Waals surface area (Å²) in [6, 6.07) is 7.60. The van der Waals surface area contributed by atoms with Crippen LogP contribution in [-0.2, 0) is 19.4 Å². The molecule has 0 saturated heterocycles. The molecular weight excluding hydrogens is 348 g/mol. The highest BCUT2D eigenvalue weighted by molar-refractivity contribution is 7.21. The summed E-state index contributed by atoms with van der Waals surface area (Å²) in [6.07, 6.45) is 4.15. The Morgan fingerprint density at radius 1 is 1.23 bits per heavy atom. The Labute approximate surface area is 155 Å². The molecular formula is C19H20N4O2S. The van der Waals surface area contributed by atoms with Gasteiger partial charge in [-0.25, -0.2) is 0 Å². The molecule has 7 heteroatoms. The molecule has 0 saturated carbocycles. The maximum atomic E-state index is 12.6. The lowest BCUT2D eigenvalue weighted by molar-refractivity contribution is 0.0956. The molecule has 0 unspecified atom stereocenters. The summed E-state index contributed by atoms with van der Waals surface area (Å²) in [6.45, 7) is 0.431. The molecule has 0 aliphatic heterocycles. The number of thiophene rings is 1. The molecule has 6 nitrogen and oxygen atoms in total. The number of rotatable bonds is 4. The van der Waals surface area contributed by atoms with Crippen molar-refractivity contribution in [3.8, 4) is 5.75 Å². The van der Waals surface area contributed by atoms with Crippen molar-refractivity contribution in [1.82, 2.24) is 15.5 Å². The summed E-state index contributed by atoms with van der Waals surface area (Å²) >= 11 is 1.32. The van der Waals surface area contributed by atoms with Crippen molar-refractivity contribution < 1.29 is 9.53 Å². The van der Waals surface area contributed by atoms with E-state index < -0.39 is 0 Å². The number of carbonyl (C=O) groups excluding carboxylic acids is 1. The van der Waals surface area contributed by atoms with Gasteiger partial charge in [0.2, 0.25) is 0 Å². The highest BCUT2D eigenvalue weighted by Crippen LogP contribution is 2.37. The van der Waals surface area contributed by atoms with E-state index in [9.17, 15) is 4.79 Å². The number of nitrogens with two attached hydrogens (primary N) is 1. The van der Waals surface area contributed by atoms with Crippen molar-refractivity contribution in [1.29, 1.82) is 0 Å². The van der Waals surface area contributed by atoms with Crippen LogP contribution in [0.4, 0.5) is 5.69 Å². The van der Waals surface area contributed by atoms with Crippen LogP contribution >= 0.6 is 11.3 Å². The van der Waals surface area contributed by atoms with E-state index in [-0.39, 0.29) is 5.91 Å². The number of hydrogen-bond acceptors (Lipinski definition) is 6. The Balaban J connectivity index is 1.57. The van der Waals surface area contributed by atoms with Gasteiger partial charge >= 0.3 is 0 Å². The lowest BCUT2D eigenvalue weighted by atomic mass is 9.94. The number of nitrogens with zero attached hydrogens (tertiary/aromatic N) is 2. The third kappa shape index (κ3) is 2.99. The highest BCUT2D eigenvalue weighted by Gasteiger charge is 2.23. The van der Waals surface area contributed by atoms with Gasteiger partial charge in [0.05, 0.1) is 18.5 Å². The molecule has 1 aromatic carbocycles. The van der Waals surface area contributed by atoms with E-state index in [0.717, 1.165) is 52.9 Å². The van der Waals surface area contributed by atoms with Gasteiger partial charge < -0.3 is 15.8 Å². The van der Waals surface area contributed by atoms with Crippen LogP contribution in [0.3, 0.4) is 0 Å². The highest BCUT2D eigenvalue weighted by atomic mass is 32.1. The fraction of sp³-hybridized carbons (Fsp3) is 0.316. The van der Waals surface area contributed by atoms with Gasteiger partial charge in [-0.3, -0.25) is 4.79 Å². The fourth-order valence-electron chi connectivity index (χ4n) is 3.34. The summed E-state index contributed by atoms with van der Waals surface area (Å²) < 4.78 is 5.14. The average molecular weight is 368 g/mol. The predicted molar refractivity (Wildman–Crippen MR) is 103 cm³/mol. The molecule has 0 bridgehead atoms. The number of fused-ring (bicyclic) bond motifs is 3. The minimum atomic E-state index is -0.175. The van der Waals surface area contributed by atoms with E-state index in [1.54, 1.807) is 7.11 Å². The van der Waals surface area contributed by atoms with Crippen LogP contribution < -0.4 is 15.8 Å². The van der Waals surface area contributed by atoms with E-state index in [4.69, 9.17) is 10.5 Å². The number of anilines is 1. The number of nitrogens with one attached hydrogen (secondary N) is 1. The minimum absolute atomic E-state index is 0.175. The first-order valence-electron chi connectivity index (χ1n) is 8.65. The van der Waals surface area contributed by atoms with Crippen molar-refractivity contribution in [3.63, 3.8) is 0 Å². The molecule has 3 aromatic rings. The van der Waals surface area contributed by atoms with Crippen molar-refractivity contribution in [3.05, 3.63) is 46.0 Å². The first-order chi connectivity index (χ1) is 12.7. The van der Waals surface area contributed by atoms with Crippen LogP contribution in [0.2, 0.25) is 0 Å². The Morgan fingerprint density at radius 3 is 2.77 bits per heavy atom. The van der Waals surface area contributed by atoms with Gasteiger partial charge in [0.1, 0.15) is 15.5 Å². The van der Waals surface area contributed by atoms with Crippen LogP contribution in [0.25, 0.3) is 10.2 Å². The van der Waals surface area contributed by atoms with Gasteiger partial charge in [0.25, 0.3) is 5.91 Å². The van der Waals surface area contributed by atoms with Gasteiger partial charge in [-0.2, -0.15) is 5.10 Å². The topological polar surface area (TPSA) is 90.1 Å². The molecule has 0 spiro atoms. The Bertz CT molecular complexity index is 966. The molecule has 2 heterocycles. The van der Waals surface area contributed by atoms with Crippen molar-refractivity contribution in [2.24, 2.45) is 0 Å². The van der Waals surface area contributed by atoms with E-state index in [1.165, 1.54) is 16.9 Å². The molecule has 26 heavy (non-hydrogen) atoms. The molecule has 1 aliphatic rings. The third-order valence-corrected chi connectivity index (χ3v) is 5.84. The molecule has 0 atom stereocenters. The zero-order valence-electron chi connectivity index (χ0n) is 14.5. The molecule has 134 valence electrons. The second-order valence-corrected chi connectivity index (χ2v) is 7.39. The lowest BCUT2D eigenvalue weighted by Crippen LogP contribution is -2.22. The Kier molecular flexibility index (Phi) is 4.46. The molecule has 2 aromatic heterocycles. The normalized spacial score (nSPS) is 13.4. The van der Waals surface area contributed by atoms with Crippen molar-refractivity contribution in [2.75, 3.05) is 12.8 Å². The quantitative estimate of drug-likeness (QED) is 0.738. The molecule has 4 rings (SSSR count). The monoisotopic (exact) mass is 368 g/mol. The maximum absolute atomic E-state index is 12.6. The maximum Gasteiger partial charge on any atom is 0.263 e. The van der Waals surface area contributed by atoms with Crippen LogP contribution in [0, 0.1) is 0 Å². The zero-order valence-corrected chi connectivity index (χ0v) is 15.4. The predicted octanol–water partition coefficient (Wildman–Crippen LogP) is 3.09. The van der Waals surface area contributed by atoms with E-state index in [0.29, 0.717) is 17.1 Å². The molecule has 0 fully saturated rings. The molecule has 3 N–H and O–H groups in total. The zero-order chi connectivity index (χ0) is 18.1. The van der Waals surface area contributed by atoms with Gasteiger partial charge in [-0.05, 0) is 48.9 Å². The molecule has 0 radical (unpaired) electrons. The van der Waals surface area contributed by atoms with E-state index >= 15 is 0 Å². The smallest absolute Gasteiger partial charge is 0.263 e. The number of benzene rings is 1. The summed E-state index contributed by atoms with van der Waals surface area (Å²) in [4.78, 5) is 13.9. The number of nitrogen functional groups attached to an aromatic ring is 1. The van der Waals surface area contributed by atoms with Gasteiger partial charge in [-0.15, -0.1) is 16.4 Å². The number of carbonyl (C=O) groups is 1. The minimum Gasteiger partial charge on any atom is -0.497 e. The third-order valence-electron chi connectivity index (χ3n) is 4.75. The van der Waals surface area contributed by atoms with Crippen LogP contribution in [0.15, 0.2) is 24.3 Å². The number of methoxy groups -OCH3 is 1. The number of amides is 1. The largest absolute Gasteiger partial charge is 0.497 e. The summed E-state index contributed by atoms with van der Waals surface area (Å²) in [5.41, 5.74) is 10.1. The van der Waals surface area contributed by atoms with Gasteiger partial charge in [0, 0.05) is 11.9 Å². The van der Waals surface area contributed by atoms with Gasteiger partial charge in [-0.1, -0.05) is 12.1 Å². The fourth-order valence-corrected chi connectivity index (χ4v) is 4.33. The van der Waals surface area contributed by atoms with Gasteiger partial charge in [0.15, 0.2) is 0 Å². The average Bonchev–Trinajstić information content (AvgIpc) is 3.03. The standard InChI is InChI=1S/C19H20N4O2S/c1-25-12-8-6-11(7-9-12)10-21-18(24)17-16(20)15-13-4-2-3-5-14(13)22-23-19(15)26-17/h6-9H,2-5,10,20H2,1H3,(H,21,24). The van der Waals surface area contributed by atoms with E-state index in [2.05, 4.69) is 15.5 Å². The van der Waals surface area contributed by atoms with Crippen LogP contribution in [-0.4, -0.2) is 23.2 Å². The number of aromatic nitrogens is 2. The Morgan fingerprint density at radius 2 is 2.00 bits per heavy atom. The first-order valence-corrected chi connectivity index (χ1v) is 9.46. The number of aryl methyl sites for hydroxylation is 2. The van der Waals surface area contributed by atoms with E-state index in [1.807, 2.05) is 24.3 Å². The summed E-state index contributed by atoms with van der Waals surface area (Å²) in [5, 5.41) is 12.5. The van der Waals surface area contributed by atoms with Crippen molar-refractivity contribution >= 4 is 33.1 Å². The second kappa shape index (κ2) is 6.92. The Hall–Kier alpha value is -2.67. The molecule has 1 amide bonds. The SMILES string of the molecule is COc1ccc(CNC(=O)c2sc3nnc4c(c3c2N)CCCC4)cc1. The second-order valence-electron chi connectivity index (χ2n) is 6.39. The summed E-state index contributed by atoms with van der Waals surface area (Å²) in [5.74, 6) is 0.614. The number of hydrogen-bond donors (Lipinski definition) is 2. The van der Waals surface area contributed by atoms with Crippen molar-refractivity contribution in [2.45, 2.75) is 32.2 Å². The van der Waals surface area contributed by atoms with Crippen LogP contribution in [0.1, 0.15) is 39.3 Å². The summed E-state index contributed by atoms with van der Waals surface area (Å²) in [7, 11) is 1.63. The number of ether oxygens (including phenoxy) is 1. The lowest BCUT2D eigenvalue weighted by Gasteiger charge is -2.14.